The first-order valence-electron chi connectivity index (χ1n) is 7.01. The molecule has 3 nitrogen and oxygen atoms in total. The Bertz CT molecular complexity index is 493. The van der Waals surface area contributed by atoms with Crippen molar-refractivity contribution in [1.29, 1.82) is 0 Å². The van der Waals surface area contributed by atoms with Crippen molar-refractivity contribution in [2.75, 3.05) is 6.54 Å². The molecule has 2 N–H and O–H groups in total. The number of carbonyl (C=O) groups excluding carboxylic acids is 1. The van der Waals surface area contributed by atoms with Crippen molar-refractivity contribution in [2.24, 2.45) is 0 Å². The van der Waals surface area contributed by atoms with Gasteiger partial charge in [0.05, 0.1) is 5.60 Å². The van der Waals surface area contributed by atoms with E-state index in [1.165, 1.54) is 12.5 Å². The van der Waals surface area contributed by atoms with Crippen molar-refractivity contribution in [3.8, 4) is 0 Å². The number of carbonyl (C=O) groups is 1. The molecule has 0 aromatic heterocycles. The number of rotatable bonds is 4. The van der Waals surface area contributed by atoms with Crippen LogP contribution in [0.4, 0.5) is 0 Å². The van der Waals surface area contributed by atoms with Gasteiger partial charge in [0.15, 0.2) is 0 Å². The second-order valence-electron chi connectivity index (χ2n) is 5.39. The maximum absolute atomic E-state index is 11.7. The first-order chi connectivity index (χ1) is 9.57. The highest BCUT2D eigenvalue weighted by Crippen LogP contribution is 2.27. The minimum Gasteiger partial charge on any atom is -0.388 e. The van der Waals surface area contributed by atoms with Crippen molar-refractivity contribution >= 4 is 23.6 Å². The summed E-state index contributed by atoms with van der Waals surface area (Å²) in [5, 5.41) is 13.7. The Morgan fingerprint density at radius 2 is 2.10 bits per heavy atom. The molecule has 0 heterocycles. The molecule has 108 valence electrons. The van der Waals surface area contributed by atoms with E-state index < -0.39 is 5.60 Å². The van der Waals surface area contributed by atoms with Gasteiger partial charge in [-0.2, -0.15) is 0 Å². The van der Waals surface area contributed by atoms with Gasteiger partial charge in [0.1, 0.15) is 0 Å². The van der Waals surface area contributed by atoms with Crippen LogP contribution in [-0.2, 0) is 4.79 Å². The Morgan fingerprint density at radius 3 is 2.80 bits per heavy atom. The molecule has 1 fully saturated rings. The van der Waals surface area contributed by atoms with Gasteiger partial charge in [-0.15, -0.1) is 0 Å². The molecule has 0 saturated heterocycles. The SMILES string of the molecule is O=C(C=Cc1cccc(Cl)c1)NCC1(O)CCCCC1. The summed E-state index contributed by atoms with van der Waals surface area (Å²) in [6, 6.07) is 7.30. The molecule has 1 aliphatic carbocycles. The first-order valence-corrected chi connectivity index (χ1v) is 7.39. The van der Waals surface area contributed by atoms with Crippen LogP contribution in [0.5, 0.6) is 0 Å². The van der Waals surface area contributed by atoms with Crippen molar-refractivity contribution in [1.82, 2.24) is 5.32 Å². The largest absolute Gasteiger partial charge is 0.388 e. The van der Waals surface area contributed by atoms with Gasteiger partial charge in [-0.25, -0.2) is 0 Å². The summed E-state index contributed by atoms with van der Waals surface area (Å²) in [5.41, 5.74) is 0.154. The summed E-state index contributed by atoms with van der Waals surface area (Å²) in [4.78, 5) is 11.7. The molecule has 1 aromatic carbocycles. The molecule has 1 aliphatic rings. The molecule has 1 aromatic rings. The number of hydrogen-bond donors (Lipinski definition) is 2. The predicted molar refractivity (Wildman–Crippen MR) is 81.5 cm³/mol. The molecule has 0 unspecified atom stereocenters. The van der Waals surface area contributed by atoms with E-state index >= 15 is 0 Å². The van der Waals surface area contributed by atoms with Crippen LogP contribution in [-0.4, -0.2) is 23.2 Å². The Hall–Kier alpha value is -1.32. The molecule has 1 amide bonds. The maximum Gasteiger partial charge on any atom is 0.244 e. The molecule has 0 aliphatic heterocycles. The second-order valence-corrected chi connectivity index (χ2v) is 5.83. The molecule has 4 heteroatoms. The fourth-order valence-electron chi connectivity index (χ4n) is 2.48. The highest BCUT2D eigenvalue weighted by molar-refractivity contribution is 6.30. The smallest absolute Gasteiger partial charge is 0.244 e. The summed E-state index contributed by atoms with van der Waals surface area (Å²) >= 11 is 5.87. The van der Waals surface area contributed by atoms with Gasteiger partial charge in [0, 0.05) is 17.6 Å². The molecular formula is C16H20ClNO2. The van der Waals surface area contributed by atoms with E-state index in [-0.39, 0.29) is 5.91 Å². The standard InChI is InChI=1S/C16H20ClNO2/c17-14-6-4-5-13(11-14)7-8-15(19)18-12-16(20)9-2-1-3-10-16/h4-8,11,20H,1-3,9-10,12H2,(H,18,19). The zero-order valence-corrected chi connectivity index (χ0v) is 12.2. The third-order valence-corrected chi connectivity index (χ3v) is 3.89. The summed E-state index contributed by atoms with van der Waals surface area (Å²) in [6.45, 7) is 0.325. The van der Waals surface area contributed by atoms with Crippen LogP contribution in [0.1, 0.15) is 37.7 Å². The summed E-state index contributed by atoms with van der Waals surface area (Å²) in [7, 11) is 0. The summed E-state index contributed by atoms with van der Waals surface area (Å²) < 4.78 is 0. The van der Waals surface area contributed by atoms with Crippen molar-refractivity contribution in [3.05, 3.63) is 40.9 Å². The minimum absolute atomic E-state index is 0.191. The van der Waals surface area contributed by atoms with Gasteiger partial charge in [-0.1, -0.05) is 43.0 Å². The Balaban J connectivity index is 1.83. The third kappa shape index (κ3) is 4.66. The molecule has 0 radical (unpaired) electrons. The average molecular weight is 294 g/mol. The van der Waals surface area contributed by atoms with E-state index in [0.717, 1.165) is 31.2 Å². The zero-order valence-electron chi connectivity index (χ0n) is 11.4. The lowest BCUT2D eigenvalue weighted by Gasteiger charge is -2.31. The van der Waals surface area contributed by atoms with Gasteiger partial charge in [-0.3, -0.25) is 4.79 Å². The summed E-state index contributed by atoms with van der Waals surface area (Å²) in [5.74, 6) is -0.191. The predicted octanol–water partition coefficient (Wildman–Crippen LogP) is 3.16. The van der Waals surface area contributed by atoms with Crippen molar-refractivity contribution < 1.29 is 9.90 Å². The van der Waals surface area contributed by atoms with E-state index in [1.54, 1.807) is 18.2 Å². The minimum atomic E-state index is -0.724. The second kappa shape index (κ2) is 6.91. The fourth-order valence-corrected chi connectivity index (χ4v) is 2.68. The van der Waals surface area contributed by atoms with Crippen molar-refractivity contribution in [3.63, 3.8) is 0 Å². The van der Waals surface area contributed by atoms with Crippen molar-refractivity contribution in [2.45, 2.75) is 37.7 Å². The number of hydrogen-bond acceptors (Lipinski definition) is 2. The van der Waals surface area contributed by atoms with Crippen LogP contribution in [0.25, 0.3) is 6.08 Å². The molecule has 0 bridgehead atoms. The molecular weight excluding hydrogens is 274 g/mol. The van der Waals surface area contributed by atoms with Crippen LogP contribution in [0.3, 0.4) is 0 Å². The molecule has 1 saturated carbocycles. The van der Waals surface area contributed by atoms with E-state index in [1.807, 2.05) is 12.1 Å². The third-order valence-electron chi connectivity index (χ3n) is 3.65. The van der Waals surface area contributed by atoms with E-state index in [0.29, 0.717) is 11.6 Å². The Kier molecular flexibility index (Phi) is 5.21. The van der Waals surface area contributed by atoms with Gasteiger partial charge >= 0.3 is 0 Å². The number of halogens is 1. The topological polar surface area (TPSA) is 49.3 Å². The van der Waals surface area contributed by atoms with Crippen LogP contribution in [0.2, 0.25) is 5.02 Å². The lowest BCUT2D eigenvalue weighted by Crippen LogP contribution is -2.43. The fraction of sp³-hybridized carbons (Fsp3) is 0.438. The zero-order chi connectivity index (χ0) is 14.4. The van der Waals surface area contributed by atoms with E-state index in [9.17, 15) is 9.90 Å². The first kappa shape index (κ1) is 15.1. The van der Waals surface area contributed by atoms with Gasteiger partial charge < -0.3 is 10.4 Å². The van der Waals surface area contributed by atoms with E-state index in [4.69, 9.17) is 11.6 Å². The van der Waals surface area contributed by atoms with Crippen LogP contribution in [0, 0.1) is 0 Å². The number of nitrogens with one attached hydrogen (secondary N) is 1. The number of benzene rings is 1. The van der Waals surface area contributed by atoms with Gasteiger partial charge in [0.2, 0.25) is 5.91 Å². The van der Waals surface area contributed by atoms with Gasteiger partial charge in [0.25, 0.3) is 0 Å². The normalized spacial score (nSPS) is 18.1. The number of amides is 1. The average Bonchev–Trinajstić information content (AvgIpc) is 2.44. The molecule has 0 spiro atoms. The van der Waals surface area contributed by atoms with E-state index in [2.05, 4.69) is 5.32 Å². The molecule has 20 heavy (non-hydrogen) atoms. The molecule has 2 rings (SSSR count). The number of aliphatic hydroxyl groups is 1. The van der Waals surface area contributed by atoms with Crippen LogP contribution in [0.15, 0.2) is 30.3 Å². The Labute approximate surface area is 124 Å². The highest BCUT2D eigenvalue weighted by Gasteiger charge is 2.29. The maximum atomic E-state index is 11.7. The van der Waals surface area contributed by atoms with Crippen LogP contribution < -0.4 is 5.32 Å². The monoisotopic (exact) mass is 293 g/mol. The lowest BCUT2D eigenvalue weighted by atomic mass is 9.85. The van der Waals surface area contributed by atoms with Crippen LogP contribution >= 0.6 is 11.6 Å². The molecule has 0 atom stereocenters. The summed E-state index contributed by atoms with van der Waals surface area (Å²) in [6.07, 6.45) is 7.96. The quantitative estimate of drug-likeness (QED) is 0.838. The highest BCUT2D eigenvalue weighted by atomic mass is 35.5. The Morgan fingerprint density at radius 1 is 1.35 bits per heavy atom. The lowest BCUT2D eigenvalue weighted by molar-refractivity contribution is -0.118. The van der Waals surface area contributed by atoms with Gasteiger partial charge in [-0.05, 0) is 36.6 Å².